The van der Waals surface area contributed by atoms with Crippen molar-refractivity contribution in [2.24, 2.45) is 0 Å². The summed E-state index contributed by atoms with van der Waals surface area (Å²) in [4.78, 5) is 4.51. The van der Waals surface area contributed by atoms with Crippen LogP contribution in [0.4, 0.5) is 5.13 Å². The van der Waals surface area contributed by atoms with E-state index in [1.807, 2.05) is 0 Å². The molecule has 0 aliphatic heterocycles. The van der Waals surface area contributed by atoms with Gasteiger partial charge in [0.1, 0.15) is 0 Å². The third-order valence-electron chi connectivity index (χ3n) is 2.90. The Morgan fingerprint density at radius 1 is 1.53 bits per heavy atom. The van der Waals surface area contributed by atoms with Gasteiger partial charge in [-0.15, -0.1) is 22.9 Å². The summed E-state index contributed by atoms with van der Waals surface area (Å²) >= 11 is 7.98. The molecular formula is C11H17ClN2S. The van der Waals surface area contributed by atoms with Crippen molar-refractivity contribution < 1.29 is 0 Å². The summed E-state index contributed by atoms with van der Waals surface area (Å²) in [6.45, 7) is 2.13. The van der Waals surface area contributed by atoms with Crippen LogP contribution < -0.4 is 5.32 Å². The Bertz CT molecular complexity index is 313. The largest absolute Gasteiger partial charge is 0.357 e. The lowest BCUT2D eigenvalue weighted by atomic mass is 9.95. The van der Waals surface area contributed by atoms with Crippen LogP contribution in [0.15, 0.2) is 5.38 Å². The van der Waals surface area contributed by atoms with E-state index in [2.05, 4.69) is 22.6 Å². The highest BCUT2D eigenvalue weighted by molar-refractivity contribution is 7.13. The number of nitrogens with zero attached hydrogens (tertiary/aromatic N) is 1. The van der Waals surface area contributed by atoms with Crippen LogP contribution in [-0.2, 0) is 6.42 Å². The monoisotopic (exact) mass is 244 g/mol. The molecule has 4 heteroatoms. The van der Waals surface area contributed by atoms with Gasteiger partial charge in [-0.25, -0.2) is 4.98 Å². The Hall–Kier alpha value is -0.280. The zero-order valence-corrected chi connectivity index (χ0v) is 10.6. The minimum absolute atomic E-state index is 0.271. The van der Waals surface area contributed by atoms with Gasteiger partial charge < -0.3 is 5.32 Å². The Morgan fingerprint density at radius 3 is 3.00 bits per heavy atom. The van der Waals surface area contributed by atoms with Crippen LogP contribution in [0.2, 0.25) is 0 Å². The number of nitrogens with one attached hydrogen (secondary N) is 1. The van der Waals surface area contributed by atoms with Crippen molar-refractivity contribution in [1.82, 2.24) is 4.98 Å². The van der Waals surface area contributed by atoms with Crippen molar-refractivity contribution in [2.75, 3.05) is 5.32 Å². The topological polar surface area (TPSA) is 24.9 Å². The maximum atomic E-state index is 6.29. The van der Waals surface area contributed by atoms with Crippen molar-refractivity contribution in [2.45, 2.75) is 50.4 Å². The Balaban J connectivity index is 1.95. The van der Waals surface area contributed by atoms with Gasteiger partial charge in [-0.2, -0.15) is 0 Å². The highest BCUT2D eigenvalue weighted by Gasteiger charge is 2.23. The van der Waals surface area contributed by atoms with Crippen molar-refractivity contribution in [3.8, 4) is 0 Å². The third kappa shape index (κ3) is 2.85. The van der Waals surface area contributed by atoms with Crippen LogP contribution >= 0.6 is 22.9 Å². The summed E-state index contributed by atoms with van der Waals surface area (Å²) in [6.07, 6.45) is 5.87. The number of aryl methyl sites for hydroxylation is 1. The maximum Gasteiger partial charge on any atom is 0.183 e. The molecule has 1 aliphatic carbocycles. The first-order valence-corrected chi connectivity index (χ1v) is 6.96. The minimum Gasteiger partial charge on any atom is -0.357 e. The van der Waals surface area contributed by atoms with Gasteiger partial charge in [-0.3, -0.25) is 0 Å². The second-order valence-electron chi connectivity index (χ2n) is 4.05. The molecule has 0 amide bonds. The minimum atomic E-state index is 0.271. The van der Waals surface area contributed by atoms with Gasteiger partial charge in [0.25, 0.3) is 0 Å². The fourth-order valence-corrected chi connectivity index (χ4v) is 3.14. The van der Waals surface area contributed by atoms with E-state index in [4.69, 9.17) is 11.6 Å². The first-order valence-electron chi connectivity index (χ1n) is 5.64. The summed E-state index contributed by atoms with van der Waals surface area (Å²) in [5, 5.41) is 6.88. The van der Waals surface area contributed by atoms with E-state index < -0.39 is 0 Å². The number of anilines is 1. The number of hydrogen-bond donors (Lipinski definition) is 1. The molecule has 1 aliphatic rings. The van der Waals surface area contributed by atoms with E-state index >= 15 is 0 Å². The number of thiazole rings is 1. The molecule has 0 bridgehead atoms. The molecule has 2 atom stereocenters. The van der Waals surface area contributed by atoms with Gasteiger partial charge in [-0.05, 0) is 19.3 Å². The lowest BCUT2D eigenvalue weighted by Gasteiger charge is -2.27. The van der Waals surface area contributed by atoms with Gasteiger partial charge in [-0.1, -0.05) is 19.8 Å². The molecule has 0 saturated heterocycles. The van der Waals surface area contributed by atoms with Crippen LogP contribution in [0.5, 0.6) is 0 Å². The number of alkyl halides is 1. The number of rotatable bonds is 3. The Morgan fingerprint density at radius 2 is 2.33 bits per heavy atom. The molecule has 0 spiro atoms. The van der Waals surface area contributed by atoms with E-state index in [0.29, 0.717) is 6.04 Å². The number of aromatic nitrogens is 1. The van der Waals surface area contributed by atoms with E-state index in [1.165, 1.54) is 25.0 Å². The molecular weight excluding hydrogens is 228 g/mol. The molecule has 84 valence electrons. The van der Waals surface area contributed by atoms with Gasteiger partial charge in [0.05, 0.1) is 11.1 Å². The summed E-state index contributed by atoms with van der Waals surface area (Å²) in [7, 11) is 0. The molecule has 2 unspecified atom stereocenters. The smallest absolute Gasteiger partial charge is 0.183 e. The Kier molecular flexibility index (Phi) is 3.87. The van der Waals surface area contributed by atoms with Crippen LogP contribution in [-0.4, -0.2) is 16.4 Å². The molecule has 1 heterocycles. The van der Waals surface area contributed by atoms with E-state index in [1.54, 1.807) is 11.3 Å². The summed E-state index contributed by atoms with van der Waals surface area (Å²) < 4.78 is 0. The lowest BCUT2D eigenvalue weighted by molar-refractivity contribution is 0.469. The number of hydrogen-bond acceptors (Lipinski definition) is 3. The predicted octanol–water partition coefficient (Wildman–Crippen LogP) is 3.67. The first kappa shape index (κ1) is 11.2. The quantitative estimate of drug-likeness (QED) is 0.821. The SMILES string of the molecule is CCc1csc(NC2CCCCC2Cl)n1. The van der Waals surface area contributed by atoms with Crippen LogP contribution in [0.1, 0.15) is 38.3 Å². The molecule has 1 saturated carbocycles. The normalized spacial score (nSPS) is 26.5. The van der Waals surface area contributed by atoms with E-state index in [0.717, 1.165) is 18.0 Å². The zero-order valence-electron chi connectivity index (χ0n) is 9.00. The summed E-state index contributed by atoms with van der Waals surface area (Å²) in [5.74, 6) is 0. The van der Waals surface area contributed by atoms with Gasteiger partial charge in [0.2, 0.25) is 0 Å². The standard InChI is InChI=1S/C11H17ClN2S/c1-2-8-7-15-11(13-8)14-10-6-4-3-5-9(10)12/h7,9-10H,2-6H2,1H3,(H,13,14). The average Bonchev–Trinajstić information content (AvgIpc) is 2.69. The van der Waals surface area contributed by atoms with Gasteiger partial charge in [0, 0.05) is 11.4 Å². The highest BCUT2D eigenvalue weighted by Crippen LogP contribution is 2.27. The average molecular weight is 245 g/mol. The molecule has 2 rings (SSSR count). The molecule has 0 aromatic carbocycles. The molecule has 1 fully saturated rings. The number of halogens is 1. The second-order valence-corrected chi connectivity index (χ2v) is 5.47. The third-order valence-corrected chi connectivity index (χ3v) is 4.25. The molecule has 0 radical (unpaired) electrons. The van der Waals surface area contributed by atoms with Gasteiger partial charge >= 0.3 is 0 Å². The van der Waals surface area contributed by atoms with Crippen molar-refractivity contribution in [3.05, 3.63) is 11.1 Å². The van der Waals surface area contributed by atoms with E-state index in [-0.39, 0.29) is 5.38 Å². The van der Waals surface area contributed by atoms with Crippen LogP contribution in [0, 0.1) is 0 Å². The van der Waals surface area contributed by atoms with Crippen LogP contribution in [0.25, 0.3) is 0 Å². The maximum absolute atomic E-state index is 6.29. The van der Waals surface area contributed by atoms with Gasteiger partial charge in [0.15, 0.2) is 5.13 Å². The zero-order chi connectivity index (χ0) is 10.7. The summed E-state index contributed by atoms with van der Waals surface area (Å²) in [6, 6.07) is 0.413. The van der Waals surface area contributed by atoms with Crippen molar-refractivity contribution >= 4 is 28.1 Å². The fraction of sp³-hybridized carbons (Fsp3) is 0.727. The second kappa shape index (κ2) is 5.17. The lowest BCUT2D eigenvalue weighted by Crippen LogP contribution is -2.32. The van der Waals surface area contributed by atoms with E-state index in [9.17, 15) is 0 Å². The fourth-order valence-electron chi connectivity index (χ4n) is 1.94. The van der Waals surface area contributed by atoms with Crippen LogP contribution in [0.3, 0.4) is 0 Å². The first-order chi connectivity index (χ1) is 7.29. The highest BCUT2D eigenvalue weighted by atomic mass is 35.5. The van der Waals surface area contributed by atoms with Crippen molar-refractivity contribution in [1.29, 1.82) is 0 Å². The molecule has 1 aromatic heterocycles. The molecule has 15 heavy (non-hydrogen) atoms. The van der Waals surface area contributed by atoms with Crippen molar-refractivity contribution in [3.63, 3.8) is 0 Å². The predicted molar refractivity (Wildman–Crippen MR) is 67.0 cm³/mol. The summed E-state index contributed by atoms with van der Waals surface area (Å²) in [5.41, 5.74) is 1.17. The molecule has 1 N–H and O–H groups in total. The Labute approximate surface area is 100 Å². The molecule has 1 aromatic rings. The molecule has 2 nitrogen and oxygen atoms in total.